The summed E-state index contributed by atoms with van der Waals surface area (Å²) >= 11 is 3.36. The summed E-state index contributed by atoms with van der Waals surface area (Å²) in [5.41, 5.74) is 7.82. The molecule has 5 heteroatoms. The molecule has 0 bridgehead atoms. The summed E-state index contributed by atoms with van der Waals surface area (Å²) in [4.78, 5) is 8.58. The maximum Gasteiger partial charge on any atom is 0.170 e. The van der Waals surface area contributed by atoms with Gasteiger partial charge in [0.25, 0.3) is 0 Å². The van der Waals surface area contributed by atoms with E-state index >= 15 is 0 Å². The third-order valence-electron chi connectivity index (χ3n) is 2.69. The minimum atomic E-state index is 0.123. The molecule has 0 amide bonds. The Hall–Kier alpha value is -1.62. The van der Waals surface area contributed by atoms with Crippen LogP contribution in [0, 0.1) is 6.92 Å². The Morgan fingerprint density at radius 3 is 2.56 bits per heavy atom. The van der Waals surface area contributed by atoms with Gasteiger partial charge in [-0.25, -0.2) is 9.97 Å². The highest BCUT2D eigenvalue weighted by Gasteiger charge is 2.11. The molecule has 1 unspecified atom stereocenters. The minimum Gasteiger partial charge on any atom is -0.381 e. The number of hydrogen-bond donors (Lipinski definition) is 2. The molecular formula is C13H15BrN4. The van der Waals surface area contributed by atoms with Gasteiger partial charge in [-0.1, -0.05) is 30.3 Å². The number of nitrogens with two attached hydrogens (primary N) is 1. The van der Waals surface area contributed by atoms with Crippen molar-refractivity contribution in [2.75, 3.05) is 11.1 Å². The highest BCUT2D eigenvalue weighted by Crippen LogP contribution is 2.24. The van der Waals surface area contributed by atoms with Crippen molar-refractivity contribution in [3.8, 4) is 0 Å². The van der Waals surface area contributed by atoms with E-state index in [1.165, 1.54) is 5.56 Å². The van der Waals surface area contributed by atoms with Gasteiger partial charge in [0.1, 0.15) is 4.60 Å². The highest BCUT2D eigenvalue weighted by atomic mass is 79.9. The molecule has 0 fully saturated rings. The second kappa shape index (κ2) is 5.35. The van der Waals surface area contributed by atoms with Gasteiger partial charge in [0.15, 0.2) is 11.6 Å². The van der Waals surface area contributed by atoms with Crippen LogP contribution in [0.1, 0.15) is 24.2 Å². The number of nitrogens with zero attached hydrogens (tertiary/aromatic N) is 2. The molecule has 0 saturated heterocycles. The van der Waals surface area contributed by atoms with Gasteiger partial charge in [0, 0.05) is 0 Å². The Morgan fingerprint density at radius 2 is 1.89 bits per heavy atom. The van der Waals surface area contributed by atoms with E-state index in [0.29, 0.717) is 16.2 Å². The van der Waals surface area contributed by atoms with E-state index in [-0.39, 0.29) is 6.04 Å². The van der Waals surface area contributed by atoms with Crippen molar-refractivity contribution in [2.24, 2.45) is 0 Å². The molecule has 4 nitrogen and oxygen atoms in total. The third-order valence-corrected chi connectivity index (χ3v) is 3.44. The molecule has 2 rings (SSSR count). The molecule has 0 aliphatic heterocycles. The van der Waals surface area contributed by atoms with Crippen LogP contribution in [0.15, 0.2) is 34.9 Å². The number of aromatic nitrogens is 2. The monoisotopic (exact) mass is 306 g/mol. The summed E-state index contributed by atoms with van der Waals surface area (Å²) in [5.74, 6) is 1.02. The normalized spacial score (nSPS) is 12.2. The lowest BCUT2D eigenvalue weighted by Gasteiger charge is -2.16. The first-order chi connectivity index (χ1) is 8.58. The van der Waals surface area contributed by atoms with Crippen LogP contribution in [0.2, 0.25) is 0 Å². The predicted molar refractivity (Wildman–Crippen MR) is 77.4 cm³/mol. The average Bonchev–Trinajstić information content (AvgIpc) is 2.37. The zero-order valence-corrected chi connectivity index (χ0v) is 11.9. The topological polar surface area (TPSA) is 63.8 Å². The molecule has 1 atom stereocenters. The van der Waals surface area contributed by atoms with Crippen LogP contribution in [-0.4, -0.2) is 9.97 Å². The van der Waals surface area contributed by atoms with Gasteiger partial charge in [-0.05, 0) is 35.3 Å². The van der Waals surface area contributed by atoms with Crippen molar-refractivity contribution in [3.63, 3.8) is 0 Å². The third kappa shape index (κ3) is 2.79. The first-order valence-corrected chi connectivity index (χ1v) is 6.48. The van der Waals surface area contributed by atoms with Gasteiger partial charge in [-0.15, -0.1) is 0 Å². The van der Waals surface area contributed by atoms with E-state index in [1.807, 2.05) is 25.1 Å². The summed E-state index contributed by atoms with van der Waals surface area (Å²) in [5, 5.41) is 3.27. The van der Waals surface area contributed by atoms with E-state index in [2.05, 4.69) is 50.3 Å². The molecule has 94 valence electrons. The van der Waals surface area contributed by atoms with Crippen LogP contribution in [-0.2, 0) is 0 Å². The van der Waals surface area contributed by atoms with E-state index < -0.39 is 0 Å². The Bertz CT molecular complexity index is 542. The number of benzene rings is 1. The van der Waals surface area contributed by atoms with Crippen LogP contribution in [0.3, 0.4) is 0 Å². The van der Waals surface area contributed by atoms with E-state index in [9.17, 15) is 0 Å². The fraction of sp³-hybridized carbons (Fsp3) is 0.231. The lowest BCUT2D eigenvalue weighted by Crippen LogP contribution is -2.11. The smallest absolute Gasteiger partial charge is 0.170 e. The van der Waals surface area contributed by atoms with Gasteiger partial charge in [-0.2, -0.15) is 0 Å². The molecule has 1 aromatic heterocycles. The number of rotatable bonds is 3. The van der Waals surface area contributed by atoms with Gasteiger partial charge in [0.2, 0.25) is 0 Å². The maximum atomic E-state index is 5.86. The molecule has 0 aliphatic carbocycles. The van der Waals surface area contributed by atoms with Crippen molar-refractivity contribution < 1.29 is 0 Å². The average molecular weight is 307 g/mol. The van der Waals surface area contributed by atoms with Crippen LogP contribution in [0.25, 0.3) is 0 Å². The maximum absolute atomic E-state index is 5.86. The summed E-state index contributed by atoms with van der Waals surface area (Å²) in [6.45, 7) is 3.92. The number of aryl methyl sites for hydroxylation is 1. The summed E-state index contributed by atoms with van der Waals surface area (Å²) < 4.78 is 0.708. The van der Waals surface area contributed by atoms with E-state index in [1.54, 1.807) is 0 Å². The van der Waals surface area contributed by atoms with Crippen LogP contribution in [0.5, 0.6) is 0 Å². The summed E-state index contributed by atoms with van der Waals surface area (Å²) in [7, 11) is 0. The minimum absolute atomic E-state index is 0.123. The Morgan fingerprint density at radius 1 is 1.22 bits per heavy atom. The predicted octanol–water partition coefficient (Wildman–Crippen LogP) is 3.30. The second-order valence-corrected chi connectivity index (χ2v) is 4.86. The van der Waals surface area contributed by atoms with Gasteiger partial charge >= 0.3 is 0 Å². The van der Waals surface area contributed by atoms with Crippen molar-refractivity contribution >= 4 is 27.6 Å². The molecule has 1 aromatic carbocycles. The number of anilines is 2. The fourth-order valence-corrected chi connectivity index (χ4v) is 1.92. The number of halogens is 1. The first-order valence-electron chi connectivity index (χ1n) is 5.69. The Labute approximate surface area is 115 Å². The van der Waals surface area contributed by atoms with Gasteiger partial charge in [0.05, 0.1) is 11.7 Å². The van der Waals surface area contributed by atoms with Crippen molar-refractivity contribution in [1.82, 2.24) is 9.97 Å². The molecule has 2 aromatic rings. The largest absolute Gasteiger partial charge is 0.381 e. The quantitative estimate of drug-likeness (QED) is 0.913. The molecule has 3 N–H and O–H groups in total. The first kappa shape index (κ1) is 12.8. The highest BCUT2D eigenvalue weighted by molar-refractivity contribution is 9.10. The van der Waals surface area contributed by atoms with Crippen molar-refractivity contribution in [1.29, 1.82) is 0 Å². The van der Waals surface area contributed by atoms with Crippen LogP contribution < -0.4 is 11.1 Å². The van der Waals surface area contributed by atoms with Crippen molar-refractivity contribution in [2.45, 2.75) is 19.9 Å². The fourth-order valence-electron chi connectivity index (χ4n) is 1.65. The van der Waals surface area contributed by atoms with Crippen LogP contribution >= 0.6 is 15.9 Å². The van der Waals surface area contributed by atoms with Crippen LogP contribution in [0.4, 0.5) is 11.6 Å². The molecular weight excluding hydrogens is 292 g/mol. The molecule has 0 spiro atoms. The van der Waals surface area contributed by atoms with Gasteiger partial charge < -0.3 is 11.1 Å². The SMILES string of the molecule is Cc1nc(N)c(NC(C)c2ccccc2)nc1Br. The molecule has 1 heterocycles. The number of hydrogen-bond acceptors (Lipinski definition) is 4. The zero-order chi connectivity index (χ0) is 13.1. The summed E-state index contributed by atoms with van der Waals surface area (Å²) in [6.07, 6.45) is 0. The second-order valence-electron chi connectivity index (χ2n) is 4.11. The molecule has 0 saturated carbocycles. The zero-order valence-electron chi connectivity index (χ0n) is 10.3. The Kier molecular flexibility index (Phi) is 3.81. The number of nitrogen functional groups attached to an aromatic ring is 1. The van der Waals surface area contributed by atoms with Crippen molar-refractivity contribution in [3.05, 3.63) is 46.2 Å². The lowest BCUT2D eigenvalue weighted by molar-refractivity contribution is 0.869. The Balaban J connectivity index is 2.22. The lowest BCUT2D eigenvalue weighted by atomic mass is 10.1. The number of nitrogens with one attached hydrogen (secondary N) is 1. The van der Waals surface area contributed by atoms with E-state index in [0.717, 1.165) is 5.69 Å². The summed E-state index contributed by atoms with van der Waals surface area (Å²) in [6, 6.07) is 10.3. The van der Waals surface area contributed by atoms with E-state index in [4.69, 9.17) is 5.73 Å². The van der Waals surface area contributed by atoms with Gasteiger partial charge in [-0.3, -0.25) is 0 Å². The molecule has 0 aliphatic rings. The molecule has 0 radical (unpaired) electrons. The molecule has 18 heavy (non-hydrogen) atoms. The standard InChI is InChI=1S/C13H15BrN4/c1-8(10-6-4-3-5-7-10)17-13-12(15)16-9(2)11(14)18-13/h3-8H,1-2H3,(H2,15,16)(H,17,18).